The molecular formula is C10H14N2O2S. The van der Waals surface area contributed by atoms with E-state index in [1.165, 1.54) is 0 Å². The van der Waals surface area contributed by atoms with Crippen molar-refractivity contribution in [1.29, 1.82) is 0 Å². The van der Waals surface area contributed by atoms with Gasteiger partial charge in [-0.25, -0.2) is 0 Å². The van der Waals surface area contributed by atoms with Crippen molar-refractivity contribution < 1.29 is 9.90 Å². The molecule has 1 fully saturated rings. The summed E-state index contributed by atoms with van der Waals surface area (Å²) >= 11 is 1.62. The molecule has 1 aromatic heterocycles. The maximum absolute atomic E-state index is 11.6. The van der Waals surface area contributed by atoms with Gasteiger partial charge in [0.15, 0.2) is 0 Å². The molecule has 0 bridgehead atoms. The van der Waals surface area contributed by atoms with Crippen LogP contribution in [0.3, 0.4) is 0 Å². The van der Waals surface area contributed by atoms with Crippen molar-refractivity contribution in [3.05, 3.63) is 22.4 Å². The first-order chi connectivity index (χ1) is 7.25. The number of thiophene rings is 1. The van der Waals surface area contributed by atoms with Crippen molar-refractivity contribution in [2.75, 3.05) is 6.54 Å². The molecule has 0 aliphatic carbocycles. The molecule has 2 heterocycles. The van der Waals surface area contributed by atoms with Gasteiger partial charge < -0.3 is 15.7 Å². The lowest BCUT2D eigenvalue weighted by Gasteiger charge is -2.09. The van der Waals surface area contributed by atoms with Gasteiger partial charge in [-0.2, -0.15) is 11.3 Å². The minimum absolute atomic E-state index is 0.0299. The molecule has 2 atom stereocenters. The number of β-amino-alcohol motifs (C(OH)–C–C–N with tert-alkyl or cyclic N) is 1. The Morgan fingerprint density at radius 2 is 2.60 bits per heavy atom. The molecule has 1 saturated heterocycles. The number of nitrogens with one attached hydrogen (secondary N) is 2. The monoisotopic (exact) mass is 226 g/mol. The molecule has 1 aliphatic rings. The zero-order valence-electron chi connectivity index (χ0n) is 8.27. The summed E-state index contributed by atoms with van der Waals surface area (Å²) in [6, 6.07) is 1.75. The summed E-state index contributed by atoms with van der Waals surface area (Å²) in [7, 11) is 0. The molecule has 0 aromatic carbocycles. The third-order valence-electron chi connectivity index (χ3n) is 2.47. The molecule has 1 amide bonds. The van der Waals surface area contributed by atoms with Crippen LogP contribution in [0.2, 0.25) is 0 Å². The van der Waals surface area contributed by atoms with Crippen LogP contribution in [0.15, 0.2) is 16.8 Å². The highest BCUT2D eigenvalue weighted by Crippen LogP contribution is 2.08. The number of carbonyl (C=O) groups is 1. The minimum Gasteiger partial charge on any atom is -0.392 e. The van der Waals surface area contributed by atoms with Crippen molar-refractivity contribution in [3.63, 3.8) is 0 Å². The molecule has 4 nitrogen and oxygen atoms in total. The molecule has 15 heavy (non-hydrogen) atoms. The average molecular weight is 226 g/mol. The van der Waals surface area contributed by atoms with Gasteiger partial charge in [0.25, 0.3) is 0 Å². The van der Waals surface area contributed by atoms with Gasteiger partial charge in [0.05, 0.1) is 12.1 Å². The number of hydrogen-bond donors (Lipinski definition) is 3. The number of aliphatic hydroxyl groups excluding tert-OH is 1. The standard InChI is InChI=1S/C10H14N2O2S/c13-8-3-9(11-5-8)10(14)12-4-7-1-2-15-6-7/h1-2,6,8-9,11,13H,3-5H2,(H,12,14). The van der Waals surface area contributed by atoms with Gasteiger partial charge in [-0.3, -0.25) is 4.79 Å². The highest BCUT2D eigenvalue weighted by atomic mass is 32.1. The topological polar surface area (TPSA) is 61.4 Å². The third-order valence-corrected chi connectivity index (χ3v) is 3.20. The van der Waals surface area contributed by atoms with Crippen molar-refractivity contribution in [2.24, 2.45) is 0 Å². The lowest BCUT2D eigenvalue weighted by atomic mass is 10.2. The molecule has 0 saturated carbocycles. The predicted octanol–water partition coefficient (Wildman–Crippen LogP) is 0.0871. The van der Waals surface area contributed by atoms with Crippen LogP contribution in [0, 0.1) is 0 Å². The van der Waals surface area contributed by atoms with E-state index in [-0.39, 0.29) is 18.1 Å². The van der Waals surface area contributed by atoms with Gasteiger partial charge >= 0.3 is 0 Å². The third kappa shape index (κ3) is 2.77. The van der Waals surface area contributed by atoms with Gasteiger partial charge in [0, 0.05) is 13.1 Å². The van der Waals surface area contributed by atoms with Gasteiger partial charge in [-0.1, -0.05) is 0 Å². The highest BCUT2D eigenvalue weighted by Gasteiger charge is 2.27. The normalized spacial score (nSPS) is 25.4. The smallest absolute Gasteiger partial charge is 0.237 e. The second-order valence-electron chi connectivity index (χ2n) is 3.70. The number of rotatable bonds is 3. The lowest BCUT2D eigenvalue weighted by molar-refractivity contribution is -0.123. The van der Waals surface area contributed by atoms with Crippen LogP contribution in [0.4, 0.5) is 0 Å². The summed E-state index contributed by atoms with van der Waals surface area (Å²) in [6.07, 6.45) is 0.122. The van der Waals surface area contributed by atoms with E-state index in [0.29, 0.717) is 19.5 Å². The maximum Gasteiger partial charge on any atom is 0.237 e. The van der Waals surface area contributed by atoms with Crippen LogP contribution in [0.25, 0.3) is 0 Å². The van der Waals surface area contributed by atoms with E-state index >= 15 is 0 Å². The SMILES string of the molecule is O=C(NCc1ccsc1)C1CC(O)CN1. The fraction of sp³-hybridized carbons (Fsp3) is 0.500. The van der Waals surface area contributed by atoms with Crippen LogP contribution in [-0.2, 0) is 11.3 Å². The van der Waals surface area contributed by atoms with Crippen molar-refractivity contribution in [3.8, 4) is 0 Å². The molecule has 5 heteroatoms. The van der Waals surface area contributed by atoms with Crippen molar-refractivity contribution in [1.82, 2.24) is 10.6 Å². The van der Waals surface area contributed by atoms with E-state index < -0.39 is 0 Å². The summed E-state index contributed by atoms with van der Waals surface area (Å²) < 4.78 is 0. The van der Waals surface area contributed by atoms with Gasteiger partial charge in [0.2, 0.25) is 5.91 Å². The minimum atomic E-state index is -0.387. The Kier molecular flexibility index (Phi) is 3.35. The second kappa shape index (κ2) is 4.74. The highest BCUT2D eigenvalue weighted by molar-refractivity contribution is 7.07. The molecular weight excluding hydrogens is 212 g/mol. The first kappa shape index (κ1) is 10.6. The molecule has 1 aliphatic heterocycles. The van der Waals surface area contributed by atoms with Gasteiger partial charge in [0.1, 0.15) is 0 Å². The summed E-state index contributed by atoms with van der Waals surface area (Å²) in [4.78, 5) is 11.6. The fourth-order valence-electron chi connectivity index (χ4n) is 1.62. The maximum atomic E-state index is 11.6. The first-order valence-corrected chi connectivity index (χ1v) is 5.90. The average Bonchev–Trinajstić information content (AvgIpc) is 2.84. The lowest BCUT2D eigenvalue weighted by Crippen LogP contribution is -2.39. The van der Waals surface area contributed by atoms with E-state index in [0.717, 1.165) is 5.56 Å². The Balaban J connectivity index is 1.78. The molecule has 1 aromatic rings. The zero-order valence-corrected chi connectivity index (χ0v) is 9.09. The van der Waals surface area contributed by atoms with E-state index in [2.05, 4.69) is 10.6 Å². The molecule has 3 N–H and O–H groups in total. The molecule has 2 rings (SSSR count). The molecule has 2 unspecified atom stereocenters. The van der Waals surface area contributed by atoms with Crippen LogP contribution in [0.1, 0.15) is 12.0 Å². The van der Waals surface area contributed by atoms with Gasteiger partial charge in [-0.05, 0) is 28.8 Å². The fourth-order valence-corrected chi connectivity index (χ4v) is 2.29. The Morgan fingerprint density at radius 3 is 3.20 bits per heavy atom. The quantitative estimate of drug-likeness (QED) is 0.684. The largest absolute Gasteiger partial charge is 0.392 e. The van der Waals surface area contributed by atoms with Crippen LogP contribution >= 0.6 is 11.3 Å². The van der Waals surface area contributed by atoms with Crippen molar-refractivity contribution in [2.45, 2.75) is 25.1 Å². The number of carbonyl (C=O) groups excluding carboxylic acids is 1. The molecule has 0 radical (unpaired) electrons. The van der Waals surface area contributed by atoms with E-state index in [9.17, 15) is 9.90 Å². The Labute approximate surface area is 92.3 Å². The zero-order chi connectivity index (χ0) is 10.7. The first-order valence-electron chi connectivity index (χ1n) is 4.96. The van der Waals surface area contributed by atoms with Crippen molar-refractivity contribution >= 4 is 17.2 Å². The van der Waals surface area contributed by atoms with E-state index in [1.807, 2.05) is 16.8 Å². The van der Waals surface area contributed by atoms with Crippen LogP contribution < -0.4 is 10.6 Å². The summed E-state index contributed by atoms with van der Waals surface area (Å²) in [5.41, 5.74) is 1.12. The Bertz CT molecular complexity index is 326. The predicted molar refractivity (Wildman–Crippen MR) is 58.6 cm³/mol. The van der Waals surface area contributed by atoms with Crippen LogP contribution in [-0.4, -0.2) is 29.7 Å². The number of amides is 1. The van der Waals surface area contributed by atoms with E-state index in [1.54, 1.807) is 11.3 Å². The number of aliphatic hydroxyl groups is 1. The Hall–Kier alpha value is -0.910. The molecule has 0 spiro atoms. The van der Waals surface area contributed by atoms with Crippen LogP contribution in [0.5, 0.6) is 0 Å². The number of hydrogen-bond acceptors (Lipinski definition) is 4. The van der Waals surface area contributed by atoms with Gasteiger partial charge in [-0.15, -0.1) is 0 Å². The second-order valence-corrected chi connectivity index (χ2v) is 4.48. The van der Waals surface area contributed by atoms with E-state index in [4.69, 9.17) is 0 Å². The summed E-state index contributed by atoms with van der Waals surface area (Å²) in [6.45, 7) is 1.08. The summed E-state index contributed by atoms with van der Waals surface area (Å²) in [5.74, 6) is -0.0299. The summed E-state index contributed by atoms with van der Waals surface area (Å²) in [5, 5.41) is 19.1. The molecule has 82 valence electrons. The Morgan fingerprint density at radius 1 is 1.73 bits per heavy atom.